The van der Waals surface area contributed by atoms with E-state index in [0.29, 0.717) is 6.42 Å². The SMILES string of the molecule is CCCCCCCCCC(=O)O[C@@H]1CCC2C(CCC3C[C@H](CCCC)CCC32)C1. The molecule has 3 rings (SSSR count). The molecule has 0 aromatic rings. The first-order valence-corrected chi connectivity index (χ1v) is 13.9. The Morgan fingerprint density at radius 2 is 1.33 bits per heavy atom. The maximum Gasteiger partial charge on any atom is 0.306 e. The highest BCUT2D eigenvalue weighted by atomic mass is 16.5. The second-order valence-electron chi connectivity index (χ2n) is 11.0. The summed E-state index contributed by atoms with van der Waals surface area (Å²) >= 11 is 0. The molecule has 0 aliphatic heterocycles. The highest BCUT2D eigenvalue weighted by Crippen LogP contribution is 2.53. The fourth-order valence-electron chi connectivity index (χ4n) is 7.18. The molecule has 3 saturated carbocycles. The van der Waals surface area contributed by atoms with Crippen molar-refractivity contribution in [1.29, 1.82) is 0 Å². The van der Waals surface area contributed by atoms with Crippen LogP contribution in [-0.4, -0.2) is 12.1 Å². The van der Waals surface area contributed by atoms with E-state index in [-0.39, 0.29) is 12.1 Å². The molecule has 0 N–H and O–H groups in total. The van der Waals surface area contributed by atoms with Crippen LogP contribution in [-0.2, 0) is 9.53 Å². The van der Waals surface area contributed by atoms with Crippen LogP contribution in [0.3, 0.4) is 0 Å². The van der Waals surface area contributed by atoms with Crippen molar-refractivity contribution in [1.82, 2.24) is 0 Å². The third-order valence-corrected chi connectivity index (χ3v) is 8.85. The minimum Gasteiger partial charge on any atom is -0.462 e. The topological polar surface area (TPSA) is 26.3 Å². The molecular weight excluding hydrogens is 368 g/mol. The Morgan fingerprint density at radius 3 is 2.07 bits per heavy atom. The summed E-state index contributed by atoms with van der Waals surface area (Å²) in [5, 5.41) is 0. The molecule has 0 heterocycles. The van der Waals surface area contributed by atoms with E-state index in [4.69, 9.17) is 4.74 Å². The van der Waals surface area contributed by atoms with E-state index < -0.39 is 0 Å². The summed E-state index contributed by atoms with van der Waals surface area (Å²) in [4.78, 5) is 12.3. The van der Waals surface area contributed by atoms with Crippen molar-refractivity contribution < 1.29 is 9.53 Å². The average molecular weight is 419 g/mol. The Labute approximate surface area is 187 Å². The van der Waals surface area contributed by atoms with Gasteiger partial charge in [-0.15, -0.1) is 0 Å². The zero-order valence-corrected chi connectivity index (χ0v) is 20.2. The van der Waals surface area contributed by atoms with Crippen LogP contribution in [0.1, 0.15) is 136 Å². The molecule has 3 aliphatic carbocycles. The van der Waals surface area contributed by atoms with Gasteiger partial charge >= 0.3 is 5.97 Å². The highest BCUT2D eigenvalue weighted by Gasteiger charge is 2.44. The first-order chi connectivity index (χ1) is 14.7. The van der Waals surface area contributed by atoms with Crippen molar-refractivity contribution in [2.75, 3.05) is 0 Å². The second-order valence-corrected chi connectivity index (χ2v) is 11.0. The lowest BCUT2D eigenvalue weighted by molar-refractivity contribution is -0.153. The molecule has 2 heteroatoms. The number of carbonyl (C=O) groups excluding carboxylic acids is 1. The summed E-state index contributed by atoms with van der Waals surface area (Å²) in [7, 11) is 0. The number of esters is 1. The molecular formula is C28H50O2. The quantitative estimate of drug-likeness (QED) is 0.235. The Bertz CT molecular complexity index is 487. The Balaban J connectivity index is 1.32. The molecule has 0 aromatic carbocycles. The molecule has 2 nitrogen and oxygen atoms in total. The van der Waals surface area contributed by atoms with E-state index in [9.17, 15) is 4.79 Å². The summed E-state index contributed by atoms with van der Waals surface area (Å²) in [5.41, 5.74) is 0. The standard InChI is InChI=1S/C28H50O2/c1-3-5-7-8-9-10-11-13-28(29)30-25-17-19-27-24(21-25)16-15-23-20-22(12-6-4-2)14-18-26(23)27/h22-27H,3-21H2,1-2H3/t22-,23?,24?,25-,26?,27?/m1/s1. The zero-order chi connectivity index (χ0) is 21.2. The normalized spacial score (nSPS) is 33.5. The van der Waals surface area contributed by atoms with Crippen molar-refractivity contribution >= 4 is 5.97 Å². The number of fused-ring (bicyclic) bond motifs is 3. The number of ether oxygens (including phenoxy) is 1. The predicted molar refractivity (Wildman–Crippen MR) is 126 cm³/mol. The Kier molecular flexibility index (Phi) is 10.5. The minimum absolute atomic E-state index is 0.0807. The third-order valence-electron chi connectivity index (χ3n) is 8.85. The predicted octanol–water partition coefficient (Wildman–Crippen LogP) is 8.47. The molecule has 174 valence electrons. The van der Waals surface area contributed by atoms with Gasteiger partial charge in [-0.25, -0.2) is 0 Å². The second kappa shape index (κ2) is 13.1. The number of unbranched alkanes of at least 4 members (excludes halogenated alkanes) is 7. The number of hydrogen-bond donors (Lipinski definition) is 0. The van der Waals surface area contributed by atoms with Gasteiger partial charge in [0, 0.05) is 6.42 Å². The number of hydrogen-bond acceptors (Lipinski definition) is 2. The van der Waals surface area contributed by atoms with Gasteiger partial charge in [-0.05, 0) is 81.0 Å². The van der Waals surface area contributed by atoms with Crippen molar-refractivity contribution in [2.24, 2.45) is 29.6 Å². The van der Waals surface area contributed by atoms with Crippen molar-refractivity contribution in [3.05, 3.63) is 0 Å². The fourth-order valence-corrected chi connectivity index (χ4v) is 7.18. The van der Waals surface area contributed by atoms with Crippen LogP contribution in [0.25, 0.3) is 0 Å². The molecule has 0 spiro atoms. The van der Waals surface area contributed by atoms with E-state index in [1.807, 2.05) is 0 Å². The zero-order valence-electron chi connectivity index (χ0n) is 20.2. The minimum atomic E-state index is 0.0807. The van der Waals surface area contributed by atoms with E-state index in [1.54, 1.807) is 0 Å². The molecule has 0 bridgehead atoms. The molecule has 0 radical (unpaired) electrons. The number of carbonyl (C=O) groups is 1. The molecule has 3 aliphatic rings. The fraction of sp³-hybridized carbons (Fsp3) is 0.964. The summed E-state index contributed by atoms with van der Waals surface area (Å²) in [6, 6.07) is 0. The summed E-state index contributed by atoms with van der Waals surface area (Å²) in [5.74, 6) is 4.88. The lowest BCUT2D eigenvalue weighted by Crippen LogP contribution is -2.43. The molecule has 30 heavy (non-hydrogen) atoms. The van der Waals surface area contributed by atoms with Crippen LogP contribution in [0.5, 0.6) is 0 Å². The van der Waals surface area contributed by atoms with Gasteiger partial charge in [0.2, 0.25) is 0 Å². The van der Waals surface area contributed by atoms with Gasteiger partial charge in [0.1, 0.15) is 6.10 Å². The lowest BCUT2D eigenvalue weighted by atomic mass is 9.56. The van der Waals surface area contributed by atoms with Crippen LogP contribution < -0.4 is 0 Å². The van der Waals surface area contributed by atoms with Gasteiger partial charge in [0.05, 0.1) is 0 Å². The number of rotatable bonds is 12. The van der Waals surface area contributed by atoms with E-state index in [0.717, 1.165) is 48.9 Å². The summed E-state index contributed by atoms with van der Waals surface area (Å²) in [6.45, 7) is 4.59. The van der Waals surface area contributed by atoms with Crippen LogP contribution in [0.15, 0.2) is 0 Å². The monoisotopic (exact) mass is 418 g/mol. The van der Waals surface area contributed by atoms with Crippen LogP contribution in [0.4, 0.5) is 0 Å². The van der Waals surface area contributed by atoms with Crippen molar-refractivity contribution in [2.45, 2.75) is 142 Å². The van der Waals surface area contributed by atoms with E-state index in [1.165, 1.54) is 96.3 Å². The van der Waals surface area contributed by atoms with Crippen LogP contribution in [0.2, 0.25) is 0 Å². The Hall–Kier alpha value is -0.530. The van der Waals surface area contributed by atoms with E-state index in [2.05, 4.69) is 13.8 Å². The van der Waals surface area contributed by atoms with Gasteiger partial charge in [-0.3, -0.25) is 4.79 Å². The van der Waals surface area contributed by atoms with Gasteiger partial charge in [-0.1, -0.05) is 78.1 Å². The maximum absolute atomic E-state index is 12.3. The van der Waals surface area contributed by atoms with Crippen LogP contribution >= 0.6 is 0 Å². The molecule has 0 saturated heterocycles. The molecule has 6 atom stereocenters. The van der Waals surface area contributed by atoms with Gasteiger partial charge < -0.3 is 4.74 Å². The maximum atomic E-state index is 12.3. The first-order valence-electron chi connectivity index (χ1n) is 13.9. The smallest absolute Gasteiger partial charge is 0.306 e. The summed E-state index contributed by atoms with van der Waals surface area (Å²) in [6.07, 6.45) is 24.9. The van der Waals surface area contributed by atoms with Crippen molar-refractivity contribution in [3.8, 4) is 0 Å². The van der Waals surface area contributed by atoms with Gasteiger partial charge in [0.25, 0.3) is 0 Å². The van der Waals surface area contributed by atoms with Gasteiger partial charge in [0.15, 0.2) is 0 Å². The van der Waals surface area contributed by atoms with E-state index >= 15 is 0 Å². The lowest BCUT2D eigenvalue weighted by Gasteiger charge is -2.50. The van der Waals surface area contributed by atoms with Gasteiger partial charge in [-0.2, -0.15) is 0 Å². The van der Waals surface area contributed by atoms with Crippen LogP contribution in [0, 0.1) is 29.6 Å². The molecule has 3 fully saturated rings. The Morgan fingerprint density at radius 1 is 0.700 bits per heavy atom. The third kappa shape index (κ3) is 7.27. The molecule has 4 unspecified atom stereocenters. The highest BCUT2D eigenvalue weighted by molar-refractivity contribution is 5.69. The van der Waals surface area contributed by atoms with Crippen molar-refractivity contribution in [3.63, 3.8) is 0 Å². The average Bonchev–Trinajstić information content (AvgIpc) is 2.76. The first kappa shape index (κ1) is 24.1. The molecule has 0 amide bonds. The molecule has 0 aromatic heterocycles. The largest absolute Gasteiger partial charge is 0.462 e. The summed E-state index contributed by atoms with van der Waals surface area (Å²) < 4.78 is 5.94.